The molecule has 3 nitrogen and oxygen atoms in total. The van der Waals surface area contributed by atoms with Crippen LogP contribution in [-0.4, -0.2) is 36.1 Å². The molecule has 0 aromatic heterocycles. The SMILES string of the molecule is C=CC(=O)OC1CCC2OC(C(F)(F)F)(C(F)(F)F)C2C1. The van der Waals surface area contributed by atoms with E-state index in [1.165, 1.54) is 0 Å². The minimum atomic E-state index is -5.57. The van der Waals surface area contributed by atoms with E-state index in [0.717, 1.165) is 6.08 Å². The van der Waals surface area contributed by atoms with Crippen molar-refractivity contribution in [1.82, 2.24) is 0 Å². The molecular weight excluding hydrogens is 306 g/mol. The van der Waals surface area contributed by atoms with Gasteiger partial charge in [-0.3, -0.25) is 0 Å². The van der Waals surface area contributed by atoms with Gasteiger partial charge in [-0.25, -0.2) is 4.79 Å². The Morgan fingerprint density at radius 1 is 1.19 bits per heavy atom. The van der Waals surface area contributed by atoms with E-state index in [0.29, 0.717) is 0 Å². The van der Waals surface area contributed by atoms with E-state index < -0.39 is 48.5 Å². The van der Waals surface area contributed by atoms with Gasteiger partial charge in [0.2, 0.25) is 0 Å². The van der Waals surface area contributed by atoms with Crippen LogP contribution < -0.4 is 0 Å². The Morgan fingerprint density at radius 2 is 1.76 bits per heavy atom. The maximum absolute atomic E-state index is 12.9. The first kappa shape index (κ1) is 16.1. The summed E-state index contributed by atoms with van der Waals surface area (Å²) in [5.41, 5.74) is -4.16. The monoisotopic (exact) mass is 318 g/mol. The fourth-order valence-corrected chi connectivity index (χ4v) is 2.96. The van der Waals surface area contributed by atoms with Crippen molar-refractivity contribution < 1.29 is 40.6 Å². The molecule has 0 aromatic carbocycles. The molecule has 3 unspecified atom stereocenters. The van der Waals surface area contributed by atoms with Crippen LogP contribution in [0.1, 0.15) is 19.3 Å². The second-order valence-corrected chi connectivity index (χ2v) is 5.07. The van der Waals surface area contributed by atoms with Gasteiger partial charge in [-0.05, 0) is 19.3 Å². The molecule has 0 spiro atoms. The van der Waals surface area contributed by atoms with Gasteiger partial charge in [0, 0.05) is 12.0 Å². The number of carbonyl (C=O) groups excluding carboxylic acids is 1. The van der Waals surface area contributed by atoms with Gasteiger partial charge in [0.15, 0.2) is 0 Å². The van der Waals surface area contributed by atoms with Gasteiger partial charge in [0.05, 0.1) is 6.10 Å². The largest absolute Gasteiger partial charge is 0.459 e. The molecule has 2 aliphatic rings. The molecule has 1 aliphatic heterocycles. The molecule has 0 aromatic rings. The van der Waals surface area contributed by atoms with Gasteiger partial charge in [0.1, 0.15) is 6.10 Å². The van der Waals surface area contributed by atoms with Gasteiger partial charge in [-0.1, -0.05) is 6.58 Å². The molecule has 1 aliphatic carbocycles. The zero-order valence-corrected chi connectivity index (χ0v) is 10.6. The average molecular weight is 318 g/mol. The zero-order chi connectivity index (χ0) is 16.1. The highest BCUT2D eigenvalue weighted by atomic mass is 19.4. The van der Waals surface area contributed by atoms with Crippen LogP contribution in [0.15, 0.2) is 12.7 Å². The van der Waals surface area contributed by atoms with Crippen LogP contribution in [0.3, 0.4) is 0 Å². The van der Waals surface area contributed by atoms with E-state index in [1.54, 1.807) is 0 Å². The minimum Gasteiger partial charge on any atom is -0.459 e. The Balaban J connectivity index is 2.21. The van der Waals surface area contributed by atoms with Crippen molar-refractivity contribution >= 4 is 5.97 Å². The molecule has 2 rings (SSSR count). The van der Waals surface area contributed by atoms with E-state index >= 15 is 0 Å². The molecule has 120 valence electrons. The highest BCUT2D eigenvalue weighted by Gasteiger charge is 2.82. The lowest BCUT2D eigenvalue weighted by Crippen LogP contribution is -2.76. The molecule has 0 amide bonds. The number of hydrogen-bond acceptors (Lipinski definition) is 3. The van der Waals surface area contributed by atoms with Crippen LogP contribution >= 0.6 is 0 Å². The highest BCUT2D eigenvalue weighted by molar-refractivity contribution is 5.81. The first-order valence-corrected chi connectivity index (χ1v) is 6.17. The Morgan fingerprint density at radius 3 is 2.24 bits per heavy atom. The number of halogens is 6. The number of rotatable bonds is 2. The summed E-state index contributed by atoms with van der Waals surface area (Å²) in [5.74, 6) is -2.67. The van der Waals surface area contributed by atoms with Gasteiger partial charge < -0.3 is 9.47 Å². The van der Waals surface area contributed by atoms with Crippen molar-refractivity contribution in [3.8, 4) is 0 Å². The van der Waals surface area contributed by atoms with Crippen molar-refractivity contribution in [3.05, 3.63) is 12.7 Å². The first-order chi connectivity index (χ1) is 9.53. The fourth-order valence-electron chi connectivity index (χ4n) is 2.96. The van der Waals surface area contributed by atoms with Crippen molar-refractivity contribution in [3.63, 3.8) is 0 Å². The van der Waals surface area contributed by atoms with Crippen LogP contribution in [0.2, 0.25) is 0 Å². The quantitative estimate of drug-likeness (QED) is 0.446. The molecule has 0 bridgehead atoms. The second kappa shape index (κ2) is 4.89. The highest BCUT2D eigenvalue weighted by Crippen LogP contribution is 2.61. The van der Waals surface area contributed by atoms with Gasteiger partial charge in [0.25, 0.3) is 5.60 Å². The normalized spacial score (nSPS) is 31.8. The summed E-state index contributed by atoms with van der Waals surface area (Å²) in [6.07, 6.45) is -12.8. The van der Waals surface area contributed by atoms with Gasteiger partial charge >= 0.3 is 18.3 Å². The van der Waals surface area contributed by atoms with E-state index in [-0.39, 0.29) is 12.8 Å². The van der Waals surface area contributed by atoms with Crippen molar-refractivity contribution in [2.24, 2.45) is 5.92 Å². The van der Waals surface area contributed by atoms with Crippen LogP contribution in [0, 0.1) is 5.92 Å². The van der Waals surface area contributed by atoms with Crippen LogP contribution in [-0.2, 0) is 14.3 Å². The van der Waals surface area contributed by atoms with E-state index in [4.69, 9.17) is 4.74 Å². The van der Waals surface area contributed by atoms with E-state index in [2.05, 4.69) is 11.3 Å². The molecule has 1 heterocycles. The van der Waals surface area contributed by atoms with Crippen LogP contribution in [0.25, 0.3) is 0 Å². The van der Waals surface area contributed by atoms with Gasteiger partial charge in [-0.2, -0.15) is 26.3 Å². The standard InChI is InChI=1S/C12H12F6O3/c1-2-9(19)20-6-3-4-8-7(5-6)10(21-8,11(13,14)15)12(16,17)18/h2,6-8H,1,3-5H2. The molecular formula is C12H12F6O3. The summed E-state index contributed by atoms with van der Waals surface area (Å²) in [5, 5.41) is 0. The third-order valence-electron chi connectivity index (χ3n) is 3.89. The third-order valence-corrected chi connectivity index (χ3v) is 3.89. The minimum absolute atomic E-state index is 0.0202. The Kier molecular flexibility index (Phi) is 3.76. The molecule has 3 atom stereocenters. The topological polar surface area (TPSA) is 35.5 Å². The second-order valence-electron chi connectivity index (χ2n) is 5.07. The number of alkyl halides is 6. The number of carbonyl (C=O) groups is 1. The smallest absolute Gasteiger partial charge is 0.426 e. The fraction of sp³-hybridized carbons (Fsp3) is 0.750. The number of ether oxygens (including phenoxy) is 2. The van der Waals surface area contributed by atoms with Crippen molar-refractivity contribution in [2.75, 3.05) is 0 Å². The molecule has 2 fully saturated rings. The lowest BCUT2D eigenvalue weighted by atomic mass is 9.67. The maximum Gasteiger partial charge on any atom is 0.426 e. The lowest BCUT2D eigenvalue weighted by Gasteiger charge is -2.57. The Hall–Kier alpha value is -1.25. The molecule has 0 radical (unpaired) electrons. The summed E-state index contributed by atoms with van der Waals surface area (Å²) in [4.78, 5) is 11.0. The lowest BCUT2D eigenvalue weighted by molar-refractivity contribution is -0.471. The summed E-state index contributed by atoms with van der Waals surface area (Å²) in [6.45, 7) is 3.12. The zero-order valence-electron chi connectivity index (χ0n) is 10.6. The Labute approximate surface area is 115 Å². The number of fused-ring (bicyclic) bond motifs is 1. The molecule has 0 N–H and O–H groups in total. The van der Waals surface area contributed by atoms with E-state index in [9.17, 15) is 31.1 Å². The summed E-state index contributed by atoms with van der Waals surface area (Å²) < 4.78 is 86.5. The van der Waals surface area contributed by atoms with Crippen molar-refractivity contribution in [2.45, 2.75) is 49.4 Å². The van der Waals surface area contributed by atoms with Crippen molar-refractivity contribution in [1.29, 1.82) is 0 Å². The summed E-state index contributed by atoms with van der Waals surface area (Å²) in [7, 11) is 0. The number of hydrogen-bond donors (Lipinski definition) is 0. The predicted molar refractivity (Wildman–Crippen MR) is 57.1 cm³/mol. The molecule has 1 saturated carbocycles. The molecule has 1 saturated heterocycles. The maximum atomic E-state index is 12.9. The molecule has 9 heteroatoms. The number of esters is 1. The van der Waals surface area contributed by atoms with E-state index in [1.807, 2.05) is 0 Å². The van der Waals surface area contributed by atoms with Gasteiger partial charge in [-0.15, -0.1) is 0 Å². The summed E-state index contributed by atoms with van der Waals surface area (Å²) in [6, 6.07) is 0. The summed E-state index contributed by atoms with van der Waals surface area (Å²) >= 11 is 0. The molecule has 21 heavy (non-hydrogen) atoms. The first-order valence-electron chi connectivity index (χ1n) is 6.17. The third kappa shape index (κ3) is 2.41. The average Bonchev–Trinajstić information content (AvgIpc) is 2.29. The van der Waals surface area contributed by atoms with Crippen LogP contribution in [0.4, 0.5) is 26.3 Å². The van der Waals surface area contributed by atoms with Crippen LogP contribution in [0.5, 0.6) is 0 Å². The Bertz CT molecular complexity index is 427. The predicted octanol–water partition coefficient (Wildman–Crippen LogP) is 3.15.